The van der Waals surface area contributed by atoms with Crippen LogP contribution in [0.2, 0.25) is 0 Å². The summed E-state index contributed by atoms with van der Waals surface area (Å²) in [4.78, 5) is 30.7. The normalized spacial score (nSPS) is 10.5. The van der Waals surface area contributed by atoms with Crippen LogP contribution in [0.5, 0.6) is 5.75 Å². The number of anilines is 3. The van der Waals surface area contributed by atoms with Crippen molar-refractivity contribution in [2.75, 3.05) is 31.0 Å². The molecule has 2 heterocycles. The van der Waals surface area contributed by atoms with Gasteiger partial charge in [-0.25, -0.2) is 9.97 Å². The first-order valence-electron chi connectivity index (χ1n) is 8.52. The largest absolute Gasteiger partial charge is 0.484 e. The van der Waals surface area contributed by atoms with E-state index in [1.54, 1.807) is 6.07 Å². The first-order chi connectivity index (χ1) is 14.5. The minimum absolute atomic E-state index is 0.0439. The van der Waals surface area contributed by atoms with Gasteiger partial charge in [-0.05, 0) is 18.2 Å². The van der Waals surface area contributed by atoms with Crippen molar-refractivity contribution in [3.63, 3.8) is 0 Å². The third-order valence-electron chi connectivity index (χ3n) is 3.68. The maximum atomic E-state index is 13.2. The second kappa shape index (κ2) is 9.71. The molecule has 10 nitrogen and oxygen atoms in total. The van der Waals surface area contributed by atoms with Crippen LogP contribution in [0, 0.1) is 16.1 Å². The molecule has 0 bridgehead atoms. The lowest BCUT2D eigenvalue weighted by Crippen LogP contribution is -2.12. The second-order valence-corrected chi connectivity index (χ2v) is 6.79. The fourth-order valence-corrected chi connectivity index (χ4v) is 3.07. The topological polar surface area (TPSA) is 129 Å². The van der Waals surface area contributed by atoms with Crippen LogP contribution < -0.4 is 15.4 Å². The number of aromatic nitrogens is 2. The summed E-state index contributed by atoms with van der Waals surface area (Å²) in [6, 6.07) is 6.69. The zero-order valence-corrected chi connectivity index (χ0v) is 16.4. The number of rotatable bonds is 9. The van der Waals surface area contributed by atoms with E-state index in [9.17, 15) is 19.3 Å². The third-order valence-corrected chi connectivity index (χ3v) is 4.51. The number of carbonyl (C=O) groups excluding carboxylic acids is 1. The Bertz CT molecular complexity index is 1060. The summed E-state index contributed by atoms with van der Waals surface area (Å²) in [5.74, 6) is -1.14. The molecule has 1 amide bonds. The van der Waals surface area contributed by atoms with Crippen molar-refractivity contribution in [2.24, 2.45) is 0 Å². The molecule has 12 heteroatoms. The predicted molar refractivity (Wildman–Crippen MR) is 108 cm³/mol. The fraction of sp³-hybridized carbons (Fsp3) is 0.167. The molecular formula is C18H16FN5O5S. The Morgan fingerprint density at radius 2 is 2.10 bits per heavy atom. The monoisotopic (exact) mass is 433 g/mol. The summed E-state index contributed by atoms with van der Waals surface area (Å²) < 4.78 is 23.3. The molecule has 1 aromatic carbocycles. The molecule has 2 aromatic heterocycles. The Morgan fingerprint density at radius 3 is 2.83 bits per heavy atom. The van der Waals surface area contributed by atoms with Gasteiger partial charge in [0.1, 0.15) is 11.6 Å². The van der Waals surface area contributed by atoms with E-state index in [4.69, 9.17) is 9.47 Å². The van der Waals surface area contributed by atoms with Crippen molar-refractivity contribution < 1.29 is 23.6 Å². The molecule has 156 valence electrons. The van der Waals surface area contributed by atoms with Crippen molar-refractivity contribution in [1.82, 2.24) is 9.97 Å². The Morgan fingerprint density at radius 1 is 1.27 bits per heavy atom. The number of halogens is 1. The molecule has 3 rings (SSSR count). The quantitative estimate of drug-likeness (QED) is 0.227. The van der Waals surface area contributed by atoms with Gasteiger partial charge in [-0.2, -0.15) is 4.39 Å². The molecule has 0 aliphatic carbocycles. The van der Waals surface area contributed by atoms with Crippen LogP contribution >= 0.6 is 11.3 Å². The lowest BCUT2D eigenvalue weighted by Gasteiger charge is -2.08. The third kappa shape index (κ3) is 5.46. The van der Waals surface area contributed by atoms with E-state index < -0.39 is 16.8 Å². The van der Waals surface area contributed by atoms with Gasteiger partial charge in [-0.3, -0.25) is 14.9 Å². The number of pyridine rings is 1. The predicted octanol–water partition coefficient (Wildman–Crippen LogP) is 3.61. The number of benzene rings is 1. The molecular weight excluding hydrogens is 417 g/mol. The van der Waals surface area contributed by atoms with E-state index in [2.05, 4.69) is 20.6 Å². The number of methoxy groups -OCH3 is 1. The molecule has 0 saturated heterocycles. The van der Waals surface area contributed by atoms with Crippen LogP contribution in [0.1, 0.15) is 10.4 Å². The van der Waals surface area contributed by atoms with Gasteiger partial charge in [0.25, 0.3) is 5.91 Å². The van der Waals surface area contributed by atoms with E-state index in [1.807, 2.05) is 0 Å². The van der Waals surface area contributed by atoms with Crippen LogP contribution in [0.4, 0.5) is 25.9 Å². The Balaban J connectivity index is 1.69. The molecule has 0 saturated carbocycles. The Labute approximate surface area is 173 Å². The first-order valence-corrected chi connectivity index (χ1v) is 9.34. The molecule has 0 aliphatic rings. The number of hydrogen-bond donors (Lipinski definition) is 2. The number of ether oxygens (including phenoxy) is 2. The molecule has 0 spiro atoms. The summed E-state index contributed by atoms with van der Waals surface area (Å²) in [5.41, 5.74) is 0.208. The Kier molecular flexibility index (Phi) is 6.83. The van der Waals surface area contributed by atoms with Crippen molar-refractivity contribution >= 4 is 38.8 Å². The van der Waals surface area contributed by atoms with Gasteiger partial charge in [0, 0.05) is 36.7 Å². The first kappa shape index (κ1) is 21.1. The highest BCUT2D eigenvalue weighted by Gasteiger charge is 2.19. The number of hydrogen-bond acceptors (Lipinski definition) is 9. The molecule has 0 atom stereocenters. The molecule has 0 radical (unpaired) electrons. The number of carbonyl (C=O) groups is 1. The average molecular weight is 433 g/mol. The maximum absolute atomic E-state index is 13.2. The number of nitro groups is 1. The summed E-state index contributed by atoms with van der Waals surface area (Å²) in [7, 11) is 1.49. The summed E-state index contributed by atoms with van der Waals surface area (Å²) in [6.07, 6.45) is 2.72. The molecule has 2 N–H and O–H groups in total. The summed E-state index contributed by atoms with van der Waals surface area (Å²) in [6.45, 7) is 0.411. The minimum Gasteiger partial charge on any atom is -0.484 e. The van der Waals surface area contributed by atoms with E-state index in [0.717, 1.165) is 17.4 Å². The van der Waals surface area contributed by atoms with Crippen molar-refractivity contribution in [3.05, 3.63) is 64.4 Å². The molecule has 0 fully saturated rings. The van der Waals surface area contributed by atoms with Crippen LogP contribution in [0.3, 0.4) is 0 Å². The lowest BCUT2D eigenvalue weighted by atomic mass is 10.1. The highest BCUT2D eigenvalue weighted by Crippen LogP contribution is 2.30. The highest BCUT2D eigenvalue weighted by atomic mass is 32.1. The van der Waals surface area contributed by atoms with Gasteiger partial charge in [0.15, 0.2) is 10.9 Å². The number of nitrogens with zero attached hydrogens (tertiary/aromatic N) is 3. The van der Waals surface area contributed by atoms with Gasteiger partial charge in [0.2, 0.25) is 5.95 Å². The zero-order chi connectivity index (χ0) is 21.5. The van der Waals surface area contributed by atoms with Crippen LogP contribution in [-0.2, 0) is 4.74 Å². The van der Waals surface area contributed by atoms with Crippen LogP contribution in [-0.4, -0.2) is 41.1 Å². The second-order valence-electron chi connectivity index (χ2n) is 5.76. The van der Waals surface area contributed by atoms with Crippen molar-refractivity contribution in [3.8, 4) is 5.75 Å². The SMILES string of the molecule is COCCOc1ccc(C(=O)Nc2cnc(Nc3ccnc(F)c3)s2)cc1[N+](=O)[O-]. The summed E-state index contributed by atoms with van der Waals surface area (Å²) >= 11 is 1.11. The van der Waals surface area contributed by atoms with E-state index >= 15 is 0 Å². The molecule has 0 aliphatic heterocycles. The zero-order valence-electron chi connectivity index (χ0n) is 15.6. The van der Waals surface area contributed by atoms with E-state index in [0.29, 0.717) is 15.8 Å². The van der Waals surface area contributed by atoms with Gasteiger partial charge >= 0.3 is 5.69 Å². The van der Waals surface area contributed by atoms with Crippen molar-refractivity contribution in [2.45, 2.75) is 0 Å². The fourth-order valence-electron chi connectivity index (χ4n) is 2.34. The van der Waals surface area contributed by atoms with Gasteiger partial charge in [-0.15, -0.1) is 0 Å². The smallest absolute Gasteiger partial charge is 0.311 e. The number of amides is 1. The maximum Gasteiger partial charge on any atom is 0.311 e. The molecule has 3 aromatic rings. The van der Waals surface area contributed by atoms with Gasteiger partial charge in [-0.1, -0.05) is 11.3 Å². The van der Waals surface area contributed by atoms with Crippen LogP contribution in [0.15, 0.2) is 42.7 Å². The highest BCUT2D eigenvalue weighted by molar-refractivity contribution is 7.19. The van der Waals surface area contributed by atoms with E-state index in [-0.39, 0.29) is 30.2 Å². The number of thiazole rings is 1. The van der Waals surface area contributed by atoms with Crippen LogP contribution in [0.25, 0.3) is 0 Å². The van der Waals surface area contributed by atoms with Gasteiger partial charge < -0.3 is 20.1 Å². The lowest BCUT2D eigenvalue weighted by molar-refractivity contribution is -0.385. The summed E-state index contributed by atoms with van der Waals surface area (Å²) in [5, 5.41) is 17.6. The Hall–Kier alpha value is -3.64. The van der Waals surface area contributed by atoms with Gasteiger partial charge in [0.05, 0.1) is 17.7 Å². The number of nitro benzene ring substituents is 1. The van der Waals surface area contributed by atoms with E-state index in [1.165, 1.54) is 37.7 Å². The van der Waals surface area contributed by atoms with Crippen molar-refractivity contribution in [1.29, 1.82) is 0 Å². The standard InChI is InChI=1S/C18H16FN5O5S/c1-28-6-7-29-14-3-2-11(8-13(14)24(26)27)17(25)23-16-10-21-18(30-16)22-12-4-5-20-15(19)9-12/h2-5,8-10H,6-7H2,1H3,(H,23,25)(H,20,21,22). The number of nitrogens with one attached hydrogen (secondary N) is 2. The molecule has 0 unspecified atom stereocenters. The average Bonchev–Trinajstić information content (AvgIpc) is 3.14. The minimum atomic E-state index is -0.638. The molecule has 30 heavy (non-hydrogen) atoms.